The molecule has 0 heterocycles. The normalized spacial score (nSPS) is 18.8. The smallest absolute Gasteiger partial charge is 0.201 e. The van der Waals surface area contributed by atoms with Crippen molar-refractivity contribution in [3.8, 4) is 16.9 Å². The van der Waals surface area contributed by atoms with Gasteiger partial charge in [-0.05, 0) is 60.8 Å². The second kappa shape index (κ2) is 11.1. The first kappa shape index (κ1) is 22.3. The van der Waals surface area contributed by atoms with E-state index in [4.69, 9.17) is 4.74 Å². The first-order valence-electron chi connectivity index (χ1n) is 11.2. The Morgan fingerprint density at radius 2 is 1.73 bits per heavy atom. The molecule has 30 heavy (non-hydrogen) atoms. The molecule has 0 radical (unpaired) electrons. The van der Waals surface area contributed by atoms with Crippen molar-refractivity contribution in [3.63, 3.8) is 0 Å². The number of allylic oxidation sites excluding steroid dienone is 3. The molecule has 2 unspecified atom stereocenters. The molecule has 0 N–H and O–H groups in total. The van der Waals surface area contributed by atoms with Crippen LogP contribution in [0.2, 0.25) is 0 Å². The lowest BCUT2D eigenvalue weighted by molar-refractivity contribution is 0.289. The summed E-state index contributed by atoms with van der Waals surface area (Å²) in [5.41, 5.74) is 1.97. The Morgan fingerprint density at radius 3 is 2.40 bits per heavy atom. The minimum absolute atomic E-state index is 0.0223. The molecule has 0 saturated heterocycles. The van der Waals surface area contributed by atoms with Crippen LogP contribution in [0.25, 0.3) is 17.2 Å². The van der Waals surface area contributed by atoms with Crippen LogP contribution in [0, 0.1) is 23.5 Å². The number of ether oxygens (including phenoxy) is 1. The summed E-state index contributed by atoms with van der Waals surface area (Å²) in [5.74, 6) is -0.590. The van der Waals surface area contributed by atoms with Gasteiger partial charge in [0.2, 0.25) is 5.82 Å². The number of hydrogen-bond acceptors (Lipinski definition) is 1. The zero-order chi connectivity index (χ0) is 21.3. The maximum absolute atomic E-state index is 14.6. The minimum atomic E-state index is -0.918. The van der Waals surface area contributed by atoms with Crippen LogP contribution in [-0.4, -0.2) is 6.61 Å². The van der Waals surface area contributed by atoms with Crippen molar-refractivity contribution >= 4 is 6.08 Å². The predicted molar refractivity (Wildman–Crippen MR) is 121 cm³/mol. The second-order valence-corrected chi connectivity index (χ2v) is 8.10. The van der Waals surface area contributed by atoms with E-state index in [1.165, 1.54) is 31.7 Å². The molecule has 1 nitrogen and oxygen atoms in total. The first-order valence-corrected chi connectivity index (χ1v) is 11.2. The van der Waals surface area contributed by atoms with Gasteiger partial charge in [-0.2, -0.15) is 4.39 Å². The van der Waals surface area contributed by atoms with E-state index in [1.807, 2.05) is 31.2 Å². The van der Waals surface area contributed by atoms with Gasteiger partial charge in [0.15, 0.2) is 11.6 Å². The lowest BCUT2D eigenvalue weighted by atomic mass is 9.86. The number of unbranched alkanes of at least 4 members (excludes halogenated alkanes) is 1. The Kier molecular flexibility index (Phi) is 8.24. The monoisotopic (exact) mass is 410 g/mol. The number of hydrogen-bond donors (Lipinski definition) is 0. The van der Waals surface area contributed by atoms with Crippen molar-refractivity contribution in [2.24, 2.45) is 11.8 Å². The average molecular weight is 411 g/mol. The fraction of sp³-hybridized carbons (Fsp3) is 0.407. The van der Waals surface area contributed by atoms with Crippen molar-refractivity contribution in [2.45, 2.75) is 52.4 Å². The molecule has 0 amide bonds. The third kappa shape index (κ3) is 5.81. The third-order valence-corrected chi connectivity index (χ3v) is 5.72. The molecule has 0 saturated carbocycles. The van der Waals surface area contributed by atoms with Crippen LogP contribution in [0.5, 0.6) is 5.75 Å². The summed E-state index contributed by atoms with van der Waals surface area (Å²) in [6, 6.07) is 10.7. The molecular formula is C27H32F2O. The van der Waals surface area contributed by atoms with E-state index in [1.54, 1.807) is 6.07 Å². The molecule has 0 aromatic heterocycles. The van der Waals surface area contributed by atoms with Gasteiger partial charge in [0.25, 0.3) is 0 Å². The van der Waals surface area contributed by atoms with E-state index in [0.29, 0.717) is 18.1 Å². The van der Waals surface area contributed by atoms with Crippen molar-refractivity contribution < 1.29 is 13.5 Å². The Balaban J connectivity index is 1.66. The Hall–Kier alpha value is -2.42. The fourth-order valence-electron chi connectivity index (χ4n) is 3.87. The molecule has 0 bridgehead atoms. The van der Waals surface area contributed by atoms with Crippen LogP contribution in [0.4, 0.5) is 8.78 Å². The Morgan fingerprint density at radius 1 is 0.933 bits per heavy atom. The minimum Gasteiger partial charge on any atom is -0.490 e. The standard InChI is InChI=1S/C27H32F2O/c1-3-5-19-30-25-18-17-24(26(28)27(25)29)23-15-13-22(14-16-23)12-11-21-9-7-20(6-4-2)8-10-21/h7,9,11-18,20-21H,3-6,8,10,19H2,1-2H3/b12-11+. The first-order chi connectivity index (χ1) is 14.6. The van der Waals surface area contributed by atoms with Crippen molar-refractivity contribution in [1.29, 1.82) is 0 Å². The fourth-order valence-corrected chi connectivity index (χ4v) is 3.87. The quantitative estimate of drug-likeness (QED) is 0.299. The summed E-state index contributed by atoms with van der Waals surface area (Å²) in [6.45, 7) is 4.65. The molecule has 1 aliphatic rings. The SMILES string of the molecule is CCCCOc1ccc(-c2ccc(/C=C/C3C=CC(CCC)CC3)cc2)c(F)c1F. The Labute approximate surface area is 179 Å². The highest BCUT2D eigenvalue weighted by Crippen LogP contribution is 2.31. The zero-order valence-corrected chi connectivity index (χ0v) is 18.0. The number of halogens is 2. The summed E-state index contributed by atoms with van der Waals surface area (Å²) < 4.78 is 34.2. The highest BCUT2D eigenvalue weighted by molar-refractivity contribution is 5.67. The van der Waals surface area contributed by atoms with E-state index in [2.05, 4.69) is 31.2 Å². The van der Waals surface area contributed by atoms with Gasteiger partial charge >= 0.3 is 0 Å². The average Bonchev–Trinajstić information content (AvgIpc) is 2.77. The van der Waals surface area contributed by atoms with E-state index in [0.717, 1.165) is 24.3 Å². The molecule has 3 rings (SSSR count). The van der Waals surface area contributed by atoms with Crippen LogP contribution in [0.1, 0.15) is 57.9 Å². The molecule has 0 aliphatic heterocycles. The van der Waals surface area contributed by atoms with Gasteiger partial charge in [-0.3, -0.25) is 0 Å². The van der Waals surface area contributed by atoms with Gasteiger partial charge in [0.1, 0.15) is 0 Å². The summed E-state index contributed by atoms with van der Waals surface area (Å²) in [7, 11) is 0. The molecular weight excluding hydrogens is 378 g/mol. The lowest BCUT2D eigenvalue weighted by Gasteiger charge is -2.20. The highest BCUT2D eigenvalue weighted by Gasteiger charge is 2.16. The van der Waals surface area contributed by atoms with Gasteiger partial charge in [-0.1, -0.05) is 75.3 Å². The summed E-state index contributed by atoms with van der Waals surface area (Å²) in [4.78, 5) is 0. The zero-order valence-electron chi connectivity index (χ0n) is 18.0. The molecule has 2 aromatic rings. The largest absolute Gasteiger partial charge is 0.490 e. The van der Waals surface area contributed by atoms with Crippen LogP contribution >= 0.6 is 0 Å². The van der Waals surface area contributed by atoms with Crippen molar-refractivity contribution in [3.05, 3.63) is 71.8 Å². The molecule has 3 heteroatoms. The van der Waals surface area contributed by atoms with Gasteiger partial charge in [0.05, 0.1) is 6.61 Å². The van der Waals surface area contributed by atoms with Gasteiger partial charge in [-0.15, -0.1) is 0 Å². The molecule has 2 aromatic carbocycles. The van der Waals surface area contributed by atoms with E-state index >= 15 is 0 Å². The summed E-state index contributed by atoms with van der Waals surface area (Å²) in [6.07, 6.45) is 15.7. The van der Waals surface area contributed by atoms with Crippen molar-refractivity contribution in [2.75, 3.05) is 6.61 Å². The molecule has 1 aliphatic carbocycles. The van der Waals surface area contributed by atoms with Crippen LogP contribution in [0.3, 0.4) is 0 Å². The number of rotatable bonds is 9. The molecule has 160 valence electrons. The van der Waals surface area contributed by atoms with Crippen molar-refractivity contribution in [1.82, 2.24) is 0 Å². The predicted octanol–water partition coefficient (Wildman–Crippen LogP) is 8.21. The number of benzene rings is 2. The van der Waals surface area contributed by atoms with Crippen LogP contribution in [0.15, 0.2) is 54.6 Å². The topological polar surface area (TPSA) is 9.23 Å². The molecule has 2 atom stereocenters. The highest BCUT2D eigenvalue weighted by atomic mass is 19.2. The van der Waals surface area contributed by atoms with Gasteiger partial charge in [-0.25, -0.2) is 4.39 Å². The van der Waals surface area contributed by atoms with E-state index in [-0.39, 0.29) is 11.3 Å². The van der Waals surface area contributed by atoms with E-state index < -0.39 is 11.6 Å². The lowest BCUT2D eigenvalue weighted by Crippen LogP contribution is -2.06. The second-order valence-electron chi connectivity index (χ2n) is 8.10. The van der Waals surface area contributed by atoms with Gasteiger partial charge < -0.3 is 4.74 Å². The molecule has 0 spiro atoms. The van der Waals surface area contributed by atoms with Crippen LogP contribution in [-0.2, 0) is 0 Å². The Bertz CT molecular complexity index is 867. The maximum Gasteiger partial charge on any atom is 0.201 e. The third-order valence-electron chi connectivity index (χ3n) is 5.72. The summed E-state index contributed by atoms with van der Waals surface area (Å²) >= 11 is 0. The maximum atomic E-state index is 14.6. The van der Waals surface area contributed by atoms with Gasteiger partial charge in [0, 0.05) is 5.56 Å². The molecule has 0 fully saturated rings. The van der Waals surface area contributed by atoms with Crippen LogP contribution < -0.4 is 4.74 Å². The van der Waals surface area contributed by atoms with E-state index in [9.17, 15) is 8.78 Å². The summed E-state index contributed by atoms with van der Waals surface area (Å²) in [5, 5.41) is 0.